The van der Waals surface area contributed by atoms with E-state index in [4.69, 9.17) is 0 Å². The summed E-state index contributed by atoms with van der Waals surface area (Å²) >= 11 is 0. The maximum absolute atomic E-state index is 9.49. The van der Waals surface area contributed by atoms with Crippen molar-refractivity contribution in [1.82, 2.24) is 5.32 Å². The third kappa shape index (κ3) is 2.26. The number of likely N-dealkylation sites (N-methyl/N-ethyl adjacent to an activating group) is 1. The number of hydrogen-bond donors (Lipinski definition) is 4. The monoisotopic (exact) mass is 183 g/mol. The Hall–Kier alpha value is -0.940. The van der Waals surface area contributed by atoms with Gasteiger partial charge in [0, 0.05) is 0 Å². The summed E-state index contributed by atoms with van der Waals surface area (Å²) in [7, 11) is 1.35. The van der Waals surface area contributed by atoms with E-state index in [1.54, 1.807) is 30.3 Å². The van der Waals surface area contributed by atoms with Crippen LogP contribution in [0.4, 0.5) is 0 Å². The first kappa shape index (κ1) is 10.1. The van der Waals surface area contributed by atoms with Crippen LogP contribution in [0.3, 0.4) is 0 Å². The second kappa shape index (κ2) is 3.85. The van der Waals surface area contributed by atoms with Crippen molar-refractivity contribution in [2.75, 3.05) is 7.05 Å². The van der Waals surface area contributed by atoms with Gasteiger partial charge in [0.1, 0.15) is 6.10 Å². The fourth-order valence-corrected chi connectivity index (χ4v) is 1.00. The van der Waals surface area contributed by atoms with Gasteiger partial charge in [-0.2, -0.15) is 0 Å². The van der Waals surface area contributed by atoms with Gasteiger partial charge in [-0.3, -0.25) is 5.32 Å². The maximum atomic E-state index is 9.49. The Morgan fingerprint density at radius 2 is 1.77 bits per heavy atom. The zero-order valence-electron chi connectivity index (χ0n) is 7.31. The van der Waals surface area contributed by atoms with Crippen LogP contribution in [0.2, 0.25) is 0 Å². The lowest BCUT2D eigenvalue weighted by atomic mass is 10.1. The molecule has 0 aliphatic heterocycles. The van der Waals surface area contributed by atoms with E-state index < -0.39 is 12.0 Å². The minimum Gasteiger partial charge on any atom is -0.381 e. The standard InChI is InChI=1S/C9H13NO3/c1-10-9(12,13)8(11)7-5-3-2-4-6-7/h2-6,8,10-13H,1H3/t8-/m1/s1. The van der Waals surface area contributed by atoms with Crippen molar-refractivity contribution < 1.29 is 15.3 Å². The molecule has 13 heavy (non-hydrogen) atoms. The minimum absolute atomic E-state index is 0.446. The van der Waals surface area contributed by atoms with Gasteiger partial charge in [-0.05, 0) is 12.6 Å². The van der Waals surface area contributed by atoms with Gasteiger partial charge in [-0.1, -0.05) is 30.3 Å². The van der Waals surface area contributed by atoms with E-state index in [2.05, 4.69) is 5.32 Å². The summed E-state index contributed by atoms with van der Waals surface area (Å²) in [5.41, 5.74) is 0.446. The molecule has 0 fully saturated rings. The van der Waals surface area contributed by atoms with Gasteiger partial charge in [0.2, 0.25) is 0 Å². The fraction of sp³-hybridized carbons (Fsp3) is 0.333. The lowest BCUT2D eigenvalue weighted by molar-refractivity contribution is -0.244. The van der Waals surface area contributed by atoms with Crippen molar-refractivity contribution in [2.24, 2.45) is 0 Å². The number of nitrogens with one attached hydrogen (secondary N) is 1. The molecule has 0 bridgehead atoms. The molecule has 0 radical (unpaired) electrons. The van der Waals surface area contributed by atoms with Gasteiger partial charge >= 0.3 is 0 Å². The maximum Gasteiger partial charge on any atom is 0.253 e. The molecule has 1 aromatic rings. The average molecular weight is 183 g/mol. The number of aliphatic hydroxyl groups excluding tert-OH is 1. The molecule has 0 spiro atoms. The summed E-state index contributed by atoms with van der Waals surface area (Å²) in [6.45, 7) is 0. The van der Waals surface area contributed by atoms with Gasteiger partial charge in [-0.25, -0.2) is 0 Å². The third-order valence-corrected chi connectivity index (χ3v) is 1.86. The Balaban J connectivity index is 2.85. The van der Waals surface area contributed by atoms with Gasteiger partial charge in [0.05, 0.1) is 0 Å². The van der Waals surface area contributed by atoms with Gasteiger partial charge in [0.15, 0.2) is 0 Å². The molecule has 72 valence electrons. The van der Waals surface area contributed by atoms with Crippen LogP contribution in [-0.2, 0) is 0 Å². The highest BCUT2D eigenvalue weighted by Crippen LogP contribution is 2.20. The van der Waals surface area contributed by atoms with Gasteiger partial charge in [0.25, 0.3) is 5.91 Å². The molecular formula is C9H13NO3. The summed E-state index contributed by atoms with van der Waals surface area (Å²) in [6.07, 6.45) is -1.36. The van der Waals surface area contributed by atoms with Gasteiger partial charge < -0.3 is 15.3 Å². The molecule has 1 aromatic carbocycles. The Morgan fingerprint density at radius 1 is 1.23 bits per heavy atom. The number of rotatable bonds is 3. The normalized spacial score (nSPS) is 14.2. The Morgan fingerprint density at radius 3 is 2.23 bits per heavy atom. The molecule has 0 saturated carbocycles. The predicted molar refractivity (Wildman–Crippen MR) is 47.6 cm³/mol. The lowest BCUT2D eigenvalue weighted by Crippen LogP contribution is -2.48. The van der Waals surface area contributed by atoms with Crippen LogP contribution in [0.5, 0.6) is 0 Å². The molecule has 0 unspecified atom stereocenters. The van der Waals surface area contributed by atoms with E-state index in [0.29, 0.717) is 5.56 Å². The first-order valence-electron chi connectivity index (χ1n) is 3.94. The van der Waals surface area contributed by atoms with Crippen molar-refractivity contribution in [3.8, 4) is 0 Å². The molecule has 0 saturated heterocycles. The molecule has 0 aliphatic carbocycles. The highest BCUT2D eigenvalue weighted by molar-refractivity contribution is 5.18. The van der Waals surface area contributed by atoms with Crippen molar-refractivity contribution in [3.63, 3.8) is 0 Å². The molecular weight excluding hydrogens is 170 g/mol. The molecule has 4 N–H and O–H groups in total. The summed E-state index contributed by atoms with van der Waals surface area (Å²) in [6, 6.07) is 8.44. The van der Waals surface area contributed by atoms with Crippen LogP contribution in [0.1, 0.15) is 11.7 Å². The lowest BCUT2D eigenvalue weighted by Gasteiger charge is -2.26. The highest BCUT2D eigenvalue weighted by Gasteiger charge is 2.32. The van der Waals surface area contributed by atoms with Crippen molar-refractivity contribution in [2.45, 2.75) is 12.0 Å². The van der Waals surface area contributed by atoms with E-state index in [0.717, 1.165) is 0 Å². The van der Waals surface area contributed by atoms with Crippen LogP contribution in [0, 0.1) is 0 Å². The molecule has 4 heteroatoms. The third-order valence-electron chi connectivity index (χ3n) is 1.86. The zero-order chi connectivity index (χ0) is 9.90. The molecule has 0 aliphatic rings. The van der Waals surface area contributed by atoms with Crippen molar-refractivity contribution >= 4 is 0 Å². The molecule has 1 atom stereocenters. The first-order valence-corrected chi connectivity index (χ1v) is 3.94. The summed E-state index contributed by atoms with van der Waals surface area (Å²) in [5.74, 6) is -2.29. The predicted octanol–water partition coefficient (Wildman–Crippen LogP) is -0.422. The SMILES string of the molecule is CNC(O)(O)[C@H](O)c1ccccc1. The molecule has 0 aromatic heterocycles. The van der Waals surface area contributed by atoms with E-state index >= 15 is 0 Å². The molecule has 0 amide bonds. The zero-order valence-corrected chi connectivity index (χ0v) is 7.31. The summed E-state index contributed by atoms with van der Waals surface area (Å²) < 4.78 is 0. The fourth-order valence-electron chi connectivity index (χ4n) is 1.00. The van der Waals surface area contributed by atoms with Crippen LogP contribution in [0.15, 0.2) is 30.3 Å². The minimum atomic E-state index is -2.29. The largest absolute Gasteiger partial charge is 0.381 e. The average Bonchev–Trinajstić information content (AvgIpc) is 2.18. The van der Waals surface area contributed by atoms with E-state index in [1.807, 2.05) is 0 Å². The van der Waals surface area contributed by atoms with E-state index in [9.17, 15) is 15.3 Å². The second-order valence-corrected chi connectivity index (χ2v) is 2.79. The molecule has 0 heterocycles. The van der Waals surface area contributed by atoms with Crippen molar-refractivity contribution in [3.05, 3.63) is 35.9 Å². The second-order valence-electron chi connectivity index (χ2n) is 2.79. The van der Waals surface area contributed by atoms with Crippen LogP contribution in [-0.4, -0.2) is 28.3 Å². The molecule has 4 nitrogen and oxygen atoms in total. The summed E-state index contributed by atoms with van der Waals surface area (Å²) in [4.78, 5) is 0. The van der Waals surface area contributed by atoms with Crippen LogP contribution in [0.25, 0.3) is 0 Å². The Bertz CT molecular complexity index is 261. The highest BCUT2D eigenvalue weighted by atomic mass is 16.5. The van der Waals surface area contributed by atoms with Crippen molar-refractivity contribution in [1.29, 1.82) is 0 Å². The summed E-state index contributed by atoms with van der Waals surface area (Å²) in [5, 5.41) is 30.2. The molecule has 1 rings (SSSR count). The van der Waals surface area contributed by atoms with E-state index in [1.165, 1.54) is 7.05 Å². The van der Waals surface area contributed by atoms with Gasteiger partial charge in [-0.15, -0.1) is 0 Å². The quantitative estimate of drug-likeness (QED) is 0.480. The topological polar surface area (TPSA) is 72.7 Å². The smallest absolute Gasteiger partial charge is 0.253 e. The van der Waals surface area contributed by atoms with Crippen LogP contribution >= 0.6 is 0 Å². The number of hydrogen-bond acceptors (Lipinski definition) is 4. The first-order chi connectivity index (χ1) is 6.08. The number of aliphatic hydroxyl groups is 3. The van der Waals surface area contributed by atoms with Crippen LogP contribution < -0.4 is 5.32 Å². The Kier molecular flexibility index (Phi) is 3.00. The number of benzene rings is 1. The Labute approximate surface area is 76.5 Å². The van der Waals surface area contributed by atoms with E-state index in [-0.39, 0.29) is 0 Å².